The van der Waals surface area contributed by atoms with Crippen LogP contribution in [0.25, 0.3) is 0 Å². The second kappa shape index (κ2) is 7.03. The van der Waals surface area contributed by atoms with Crippen molar-refractivity contribution in [3.05, 3.63) is 35.4 Å². The molecule has 1 aromatic rings. The Morgan fingerprint density at radius 2 is 1.75 bits per heavy atom. The van der Waals surface area contributed by atoms with Gasteiger partial charge in [0.15, 0.2) is 0 Å². The summed E-state index contributed by atoms with van der Waals surface area (Å²) in [6.07, 6.45) is 1.71. The molecule has 0 unspecified atom stereocenters. The molecule has 6 heteroatoms. The van der Waals surface area contributed by atoms with Crippen LogP contribution in [0.3, 0.4) is 0 Å². The van der Waals surface area contributed by atoms with Crippen molar-refractivity contribution >= 4 is 17.8 Å². The summed E-state index contributed by atoms with van der Waals surface area (Å²) < 4.78 is 0. The maximum absolute atomic E-state index is 12.5. The molecule has 1 aliphatic carbocycles. The van der Waals surface area contributed by atoms with Crippen LogP contribution in [-0.4, -0.2) is 40.4 Å². The van der Waals surface area contributed by atoms with Crippen molar-refractivity contribution in [1.29, 1.82) is 0 Å². The average molecular weight is 332 g/mol. The summed E-state index contributed by atoms with van der Waals surface area (Å²) in [4.78, 5) is 36.7. The van der Waals surface area contributed by atoms with Crippen molar-refractivity contribution in [1.82, 2.24) is 10.2 Å². The molecule has 0 bridgehead atoms. The first-order valence-corrected chi connectivity index (χ1v) is 8.08. The molecule has 2 rings (SSSR count). The van der Waals surface area contributed by atoms with Gasteiger partial charge >= 0.3 is 5.97 Å². The highest BCUT2D eigenvalue weighted by molar-refractivity contribution is 5.96. The van der Waals surface area contributed by atoms with Gasteiger partial charge in [-0.3, -0.25) is 14.4 Å². The lowest BCUT2D eigenvalue weighted by atomic mass is 9.95. The minimum absolute atomic E-state index is 0.0379. The summed E-state index contributed by atoms with van der Waals surface area (Å²) >= 11 is 0. The molecular formula is C18H24N2O4. The molecule has 0 radical (unpaired) electrons. The molecular weight excluding hydrogens is 308 g/mol. The van der Waals surface area contributed by atoms with Crippen molar-refractivity contribution in [3.8, 4) is 0 Å². The molecule has 6 nitrogen and oxygen atoms in total. The zero-order valence-electron chi connectivity index (χ0n) is 14.3. The van der Waals surface area contributed by atoms with Crippen LogP contribution in [0, 0.1) is 5.41 Å². The molecule has 1 fully saturated rings. The third-order valence-electron chi connectivity index (χ3n) is 3.89. The fraction of sp³-hybridized carbons (Fsp3) is 0.500. The number of carbonyl (C=O) groups excluding carboxylic acids is 2. The Bertz CT molecular complexity index is 627. The van der Waals surface area contributed by atoms with E-state index in [2.05, 4.69) is 5.32 Å². The van der Waals surface area contributed by atoms with Gasteiger partial charge in [0.2, 0.25) is 5.91 Å². The first-order chi connectivity index (χ1) is 11.2. The van der Waals surface area contributed by atoms with Crippen molar-refractivity contribution in [3.63, 3.8) is 0 Å². The van der Waals surface area contributed by atoms with Crippen LogP contribution < -0.4 is 5.32 Å². The van der Waals surface area contributed by atoms with E-state index in [1.165, 1.54) is 4.90 Å². The number of nitrogens with zero attached hydrogens (tertiary/aromatic N) is 1. The fourth-order valence-electron chi connectivity index (χ4n) is 2.28. The maximum Gasteiger partial charge on any atom is 0.323 e. The molecule has 0 spiro atoms. The van der Waals surface area contributed by atoms with Gasteiger partial charge in [-0.2, -0.15) is 0 Å². The summed E-state index contributed by atoms with van der Waals surface area (Å²) in [5, 5.41) is 11.8. The van der Waals surface area contributed by atoms with E-state index >= 15 is 0 Å². The zero-order valence-corrected chi connectivity index (χ0v) is 14.3. The Morgan fingerprint density at radius 1 is 1.17 bits per heavy atom. The molecule has 1 saturated carbocycles. The number of hydrogen-bond acceptors (Lipinski definition) is 3. The Morgan fingerprint density at radius 3 is 2.21 bits per heavy atom. The predicted octanol–water partition coefficient (Wildman–Crippen LogP) is 2.04. The average Bonchev–Trinajstić information content (AvgIpc) is 3.33. The van der Waals surface area contributed by atoms with Gasteiger partial charge in [-0.15, -0.1) is 0 Å². The van der Waals surface area contributed by atoms with Gasteiger partial charge in [-0.05, 0) is 30.5 Å². The Labute approximate surface area is 141 Å². The van der Waals surface area contributed by atoms with Crippen molar-refractivity contribution in [2.45, 2.75) is 46.2 Å². The Balaban J connectivity index is 1.99. The number of hydrogen-bond donors (Lipinski definition) is 2. The highest BCUT2D eigenvalue weighted by atomic mass is 16.4. The van der Waals surface area contributed by atoms with Crippen LogP contribution in [0.15, 0.2) is 24.3 Å². The second-order valence-electron chi connectivity index (χ2n) is 7.19. The minimum Gasteiger partial charge on any atom is -0.480 e. The van der Waals surface area contributed by atoms with Gasteiger partial charge in [0.05, 0.1) is 0 Å². The van der Waals surface area contributed by atoms with Crippen LogP contribution in [-0.2, 0) is 16.1 Å². The van der Waals surface area contributed by atoms with Crippen LogP contribution in [0.4, 0.5) is 0 Å². The molecule has 0 aliphatic heterocycles. The van der Waals surface area contributed by atoms with Crippen molar-refractivity contribution in [2.24, 2.45) is 5.41 Å². The first kappa shape index (κ1) is 18.0. The van der Waals surface area contributed by atoms with Gasteiger partial charge < -0.3 is 15.3 Å². The molecule has 2 N–H and O–H groups in total. The van der Waals surface area contributed by atoms with E-state index in [1.807, 2.05) is 20.8 Å². The predicted molar refractivity (Wildman–Crippen MR) is 89.4 cm³/mol. The van der Waals surface area contributed by atoms with Crippen LogP contribution in [0.5, 0.6) is 0 Å². The summed E-state index contributed by atoms with van der Waals surface area (Å²) in [5.41, 5.74) is 0.909. The van der Waals surface area contributed by atoms with E-state index < -0.39 is 11.4 Å². The molecule has 0 aromatic heterocycles. The van der Waals surface area contributed by atoms with Gasteiger partial charge in [0, 0.05) is 23.6 Å². The van der Waals surface area contributed by atoms with Gasteiger partial charge in [0.1, 0.15) is 6.54 Å². The maximum atomic E-state index is 12.5. The quantitative estimate of drug-likeness (QED) is 0.834. The standard InChI is InChI=1S/C18H24N2O4/c1-18(2,3)17(24)19-10-12-4-6-13(7-5-12)16(23)20(11-15(21)22)14-8-9-14/h4-7,14H,8-11H2,1-3H3,(H,19,24)(H,21,22). The lowest BCUT2D eigenvalue weighted by Crippen LogP contribution is -2.37. The van der Waals surface area contributed by atoms with Gasteiger partial charge in [-0.1, -0.05) is 32.9 Å². The third-order valence-corrected chi connectivity index (χ3v) is 3.89. The molecule has 0 heterocycles. The monoisotopic (exact) mass is 332 g/mol. The normalized spacial score (nSPS) is 14.1. The SMILES string of the molecule is CC(C)(C)C(=O)NCc1ccc(C(=O)N(CC(=O)O)C2CC2)cc1. The number of aliphatic carboxylic acids is 1. The smallest absolute Gasteiger partial charge is 0.323 e. The number of benzene rings is 1. The van der Waals surface area contributed by atoms with E-state index in [1.54, 1.807) is 24.3 Å². The Hall–Kier alpha value is -2.37. The molecule has 1 aliphatic rings. The number of carboxylic acid groups (broad SMARTS) is 1. The van der Waals surface area contributed by atoms with Crippen molar-refractivity contribution < 1.29 is 19.5 Å². The number of carbonyl (C=O) groups is 3. The number of carboxylic acids is 1. The van der Waals surface area contributed by atoms with E-state index in [0.29, 0.717) is 12.1 Å². The third kappa shape index (κ3) is 4.81. The van der Waals surface area contributed by atoms with E-state index in [4.69, 9.17) is 5.11 Å². The van der Waals surface area contributed by atoms with Gasteiger partial charge in [-0.25, -0.2) is 0 Å². The second-order valence-corrected chi connectivity index (χ2v) is 7.19. The molecule has 130 valence electrons. The van der Waals surface area contributed by atoms with Crippen molar-refractivity contribution in [2.75, 3.05) is 6.54 Å². The van der Waals surface area contributed by atoms with E-state index in [0.717, 1.165) is 18.4 Å². The summed E-state index contributed by atoms with van der Waals surface area (Å²) in [6.45, 7) is 5.66. The number of rotatable bonds is 6. The lowest BCUT2D eigenvalue weighted by molar-refractivity contribution is -0.137. The molecule has 2 amide bonds. The molecule has 0 atom stereocenters. The summed E-state index contributed by atoms with van der Waals surface area (Å²) in [6, 6.07) is 6.96. The van der Waals surface area contributed by atoms with Gasteiger partial charge in [0.25, 0.3) is 5.91 Å². The highest BCUT2D eigenvalue weighted by Gasteiger charge is 2.34. The summed E-state index contributed by atoms with van der Waals surface area (Å²) in [7, 11) is 0. The topological polar surface area (TPSA) is 86.7 Å². The minimum atomic E-state index is -1.00. The fourth-order valence-corrected chi connectivity index (χ4v) is 2.28. The molecule has 0 saturated heterocycles. The molecule has 1 aromatic carbocycles. The lowest BCUT2D eigenvalue weighted by Gasteiger charge is -2.20. The van der Waals surface area contributed by atoms with Crippen LogP contribution >= 0.6 is 0 Å². The number of nitrogens with one attached hydrogen (secondary N) is 1. The van der Waals surface area contributed by atoms with E-state index in [9.17, 15) is 14.4 Å². The molecule has 24 heavy (non-hydrogen) atoms. The van der Waals surface area contributed by atoms with Crippen LogP contribution in [0.2, 0.25) is 0 Å². The number of amides is 2. The highest BCUT2D eigenvalue weighted by Crippen LogP contribution is 2.28. The van der Waals surface area contributed by atoms with Crippen LogP contribution in [0.1, 0.15) is 49.5 Å². The zero-order chi connectivity index (χ0) is 17.9. The first-order valence-electron chi connectivity index (χ1n) is 8.08. The summed E-state index contributed by atoms with van der Waals surface area (Å²) in [5.74, 6) is -1.30. The van der Waals surface area contributed by atoms with E-state index in [-0.39, 0.29) is 24.4 Å². The largest absolute Gasteiger partial charge is 0.480 e. The Kier molecular flexibility index (Phi) is 5.26.